The van der Waals surface area contributed by atoms with E-state index < -0.39 is 18.0 Å². The Bertz CT molecular complexity index is 492. The Morgan fingerprint density at radius 3 is 2.70 bits per heavy atom. The fourth-order valence-electron chi connectivity index (χ4n) is 3.85. The second kappa shape index (κ2) is 4.56. The highest BCUT2D eigenvalue weighted by Crippen LogP contribution is 2.49. The van der Waals surface area contributed by atoms with Crippen LogP contribution in [0.15, 0.2) is 11.3 Å². The minimum absolute atomic E-state index is 0.0799. The first kappa shape index (κ1) is 13.6. The molecule has 6 heteroatoms. The van der Waals surface area contributed by atoms with Gasteiger partial charge in [0.15, 0.2) is 0 Å². The third-order valence-electron chi connectivity index (χ3n) is 4.70. The number of carbonyl (C=O) groups is 2. The third kappa shape index (κ3) is 1.64. The van der Waals surface area contributed by atoms with Crippen LogP contribution in [0.25, 0.3) is 0 Å². The van der Waals surface area contributed by atoms with Crippen molar-refractivity contribution in [2.45, 2.75) is 44.9 Å². The highest BCUT2D eigenvalue weighted by Gasteiger charge is 2.60. The minimum atomic E-state index is -1.08. The molecule has 0 aromatic carbocycles. The van der Waals surface area contributed by atoms with Gasteiger partial charge in [0.2, 0.25) is 5.91 Å². The van der Waals surface area contributed by atoms with E-state index in [4.69, 9.17) is 4.74 Å². The number of ether oxygens (including phenoxy) is 1. The lowest BCUT2D eigenvalue weighted by atomic mass is 9.77. The quantitative estimate of drug-likeness (QED) is 0.729. The third-order valence-corrected chi connectivity index (χ3v) is 4.70. The van der Waals surface area contributed by atoms with Crippen LogP contribution in [0, 0.1) is 11.8 Å². The molecule has 2 N–H and O–H groups in total. The van der Waals surface area contributed by atoms with E-state index in [1.807, 2.05) is 6.92 Å². The molecule has 20 heavy (non-hydrogen) atoms. The van der Waals surface area contributed by atoms with Gasteiger partial charge >= 0.3 is 5.97 Å². The first-order valence-corrected chi connectivity index (χ1v) is 7.05. The van der Waals surface area contributed by atoms with Crippen molar-refractivity contribution in [3.8, 4) is 0 Å². The summed E-state index contributed by atoms with van der Waals surface area (Å²) in [6, 6.07) is -0.243. The zero-order valence-corrected chi connectivity index (χ0v) is 11.6. The molecule has 2 saturated heterocycles. The summed E-state index contributed by atoms with van der Waals surface area (Å²) in [6.45, 7) is 4.13. The summed E-state index contributed by atoms with van der Waals surface area (Å²) in [7, 11) is 0. The predicted molar refractivity (Wildman–Crippen MR) is 68.6 cm³/mol. The summed E-state index contributed by atoms with van der Waals surface area (Å²) in [5.74, 6) is -1.95. The number of carboxylic acids is 1. The lowest BCUT2D eigenvalue weighted by molar-refractivity contribution is -0.163. The molecule has 6 nitrogen and oxygen atoms in total. The second-order valence-electron chi connectivity index (χ2n) is 5.86. The van der Waals surface area contributed by atoms with Crippen molar-refractivity contribution in [3.05, 3.63) is 11.3 Å². The van der Waals surface area contributed by atoms with Gasteiger partial charge in [-0.2, -0.15) is 0 Å². The monoisotopic (exact) mass is 281 g/mol. The van der Waals surface area contributed by atoms with Crippen LogP contribution in [0.5, 0.6) is 0 Å². The predicted octanol–water partition coefficient (Wildman–Crippen LogP) is 0.362. The van der Waals surface area contributed by atoms with Crippen molar-refractivity contribution in [1.82, 2.24) is 4.90 Å². The maximum absolute atomic E-state index is 12.1. The number of amides is 1. The fourth-order valence-corrected chi connectivity index (χ4v) is 3.85. The molecule has 0 bridgehead atoms. The van der Waals surface area contributed by atoms with Crippen LogP contribution in [0.1, 0.15) is 26.7 Å². The highest BCUT2D eigenvalue weighted by atomic mass is 16.5. The van der Waals surface area contributed by atoms with Crippen LogP contribution < -0.4 is 0 Å². The topological polar surface area (TPSA) is 87.1 Å². The van der Waals surface area contributed by atoms with Crippen LogP contribution in [0.3, 0.4) is 0 Å². The average molecular weight is 281 g/mol. The number of carbonyl (C=O) groups excluding carboxylic acids is 1. The number of fused-ring (bicyclic) bond motifs is 1. The molecule has 0 unspecified atom stereocenters. The maximum atomic E-state index is 12.1. The molecule has 0 radical (unpaired) electrons. The van der Waals surface area contributed by atoms with Crippen LogP contribution in [-0.2, 0) is 14.3 Å². The van der Waals surface area contributed by atoms with Crippen LogP contribution in [-0.4, -0.2) is 51.8 Å². The van der Waals surface area contributed by atoms with Gasteiger partial charge in [0.05, 0.1) is 24.2 Å². The van der Waals surface area contributed by atoms with E-state index in [9.17, 15) is 19.8 Å². The van der Waals surface area contributed by atoms with E-state index in [0.717, 1.165) is 18.4 Å². The Balaban J connectivity index is 1.99. The second-order valence-corrected chi connectivity index (χ2v) is 5.86. The molecule has 5 atom stereocenters. The van der Waals surface area contributed by atoms with Crippen LogP contribution in [0.2, 0.25) is 0 Å². The van der Waals surface area contributed by atoms with Crippen LogP contribution in [0.4, 0.5) is 0 Å². The standard InChI is InChI=1S/C14H19NO5/c1-6-9(8-4-3-5-20-8)12(14(18)19)15-11(6)10(7(2)16)13(15)17/h6-8,10-11,16H,3-5H2,1-2H3,(H,18,19)/t6-,7+,8+,10+,11+/m0/s1. The molecule has 0 aromatic rings. The smallest absolute Gasteiger partial charge is 0.352 e. The Kier molecular flexibility index (Phi) is 3.10. The van der Waals surface area contributed by atoms with Gasteiger partial charge in [0.25, 0.3) is 0 Å². The number of aliphatic hydroxyl groups excluding tert-OH is 1. The minimum Gasteiger partial charge on any atom is -0.477 e. The summed E-state index contributed by atoms with van der Waals surface area (Å²) in [5.41, 5.74) is 0.799. The Morgan fingerprint density at radius 1 is 1.50 bits per heavy atom. The number of aliphatic hydroxyl groups is 1. The van der Waals surface area contributed by atoms with Crippen molar-refractivity contribution in [2.75, 3.05) is 6.61 Å². The zero-order chi connectivity index (χ0) is 14.6. The number of nitrogens with zero attached hydrogens (tertiary/aromatic N) is 1. The first-order chi connectivity index (χ1) is 9.45. The number of hydrogen-bond donors (Lipinski definition) is 2. The lowest BCUT2D eigenvalue weighted by Crippen LogP contribution is -2.63. The van der Waals surface area contributed by atoms with Crippen molar-refractivity contribution < 1.29 is 24.5 Å². The van der Waals surface area contributed by atoms with Crippen molar-refractivity contribution in [1.29, 1.82) is 0 Å². The molecule has 0 spiro atoms. The first-order valence-electron chi connectivity index (χ1n) is 7.05. The van der Waals surface area contributed by atoms with Crippen molar-refractivity contribution in [3.63, 3.8) is 0 Å². The van der Waals surface area contributed by atoms with E-state index in [1.165, 1.54) is 4.90 Å². The van der Waals surface area contributed by atoms with Gasteiger partial charge in [-0.25, -0.2) is 4.79 Å². The molecule has 2 fully saturated rings. The molecule has 0 saturated carbocycles. The van der Waals surface area contributed by atoms with Crippen molar-refractivity contribution in [2.24, 2.45) is 11.8 Å². The maximum Gasteiger partial charge on any atom is 0.352 e. The SMILES string of the molecule is C[C@@H](O)[C@H]1C(=O)N2C(C(=O)O)=C([C@H]3CCCO3)[C@H](C)[C@H]12. The van der Waals surface area contributed by atoms with E-state index in [0.29, 0.717) is 6.61 Å². The number of carboxylic acid groups (broad SMARTS) is 1. The molecule has 3 aliphatic rings. The Hall–Kier alpha value is -1.40. The van der Waals surface area contributed by atoms with Gasteiger partial charge in [0.1, 0.15) is 5.70 Å². The van der Waals surface area contributed by atoms with Crippen LogP contribution >= 0.6 is 0 Å². The normalized spacial score (nSPS) is 38.0. The molecule has 3 heterocycles. The van der Waals surface area contributed by atoms with Gasteiger partial charge in [-0.15, -0.1) is 0 Å². The van der Waals surface area contributed by atoms with Gasteiger partial charge < -0.3 is 19.8 Å². The number of rotatable bonds is 3. The van der Waals surface area contributed by atoms with Gasteiger partial charge in [-0.3, -0.25) is 4.79 Å². The number of hydrogen-bond acceptors (Lipinski definition) is 4. The van der Waals surface area contributed by atoms with Gasteiger partial charge in [-0.1, -0.05) is 6.92 Å². The van der Waals surface area contributed by atoms with E-state index >= 15 is 0 Å². The summed E-state index contributed by atoms with van der Waals surface area (Å²) < 4.78 is 5.62. The Labute approximate surface area is 117 Å². The average Bonchev–Trinajstić information content (AvgIpc) is 2.93. The van der Waals surface area contributed by atoms with Gasteiger partial charge in [-0.05, 0) is 25.3 Å². The summed E-state index contributed by atoms with van der Waals surface area (Å²) in [5, 5.41) is 19.2. The molecule has 3 rings (SSSR count). The van der Waals surface area contributed by atoms with Crippen molar-refractivity contribution >= 4 is 11.9 Å². The largest absolute Gasteiger partial charge is 0.477 e. The lowest BCUT2D eigenvalue weighted by Gasteiger charge is -2.46. The summed E-state index contributed by atoms with van der Waals surface area (Å²) in [4.78, 5) is 25.0. The summed E-state index contributed by atoms with van der Waals surface area (Å²) in [6.07, 6.45) is 0.741. The number of aliphatic carboxylic acids is 1. The summed E-state index contributed by atoms with van der Waals surface area (Å²) >= 11 is 0. The van der Waals surface area contributed by atoms with E-state index in [2.05, 4.69) is 0 Å². The molecular weight excluding hydrogens is 262 g/mol. The molecular formula is C14H19NO5. The Morgan fingerprint density at radius 2 is 2.20 bits per heavy atom. The zero-order valence-electron chi connectivity index (χ0n) is 11.6. The fraction of sp³-hybridized carbons (Fsp3) is 0.714. The molecule has 3 aliphatic heterocycles. The van der Waals surface area contributed by atoms with E-state index in [1.54, 1.807) is 6.92 Å². The molecule has 0 aromatic heterocycles. The highest BCUT2D eigenvalue weighted by molar-refractivity contribution is 6.00. The van der Waals surface area contributed by atoms with E-state index in [-0.39, 0.29) is 29.7 Å². The number of β-lactam (4-membered cyclic amide) rings is 1. The molecule has 1 amide bonds. The molecule has 110 valence electrons. The molecule has 0 aliphatic carbocycles. The van der Waals surface area contributed by atoms with Gasteiger partial charge in [0, 0.05) is 12.5 Å².